The Hall–Kier alpha value is -2.35. The minimum Gasteiger partial charge on any atom is -0.427 e. The molecule has 0 bridgehead atoms. The van der Waals surface area contributed by atoms with E-state index >= 15 is 0 Å². The first kappa shape index (κ1) is 26.6. The summed E-state index contributed by atoms with van der Waals surface area (Å²) in [5.74, 6) is -1.21. The van der Waals surface area contributed by atoms with Gasteiger partial charge in [0.1, 0.15) is 6.04 Å². The maximum atomic E-state index is 11.7. The van der Waals surface area contributed by atoms with Crippen molar-refractivity contribution in [3.8, 4) is 0 Å². The van der Waals surface area contributed by atoms with Crippen LogP contribution in [0.5, 0.6) is 0 Å². The molecule has 1 heterocycles. The van der Waals surface area contributed by atoms with Gasteiger partial charge in [0.2, 0.25) is 6.79 Å². The molecule has 7 nitrogen and oxygen atoms in total. The molecule has 1 aromatic carbocycles. The van der Waals surface area contributed by atoms with Crippen molar-refractivity contribution >= 4 is 42.8 Å². The van der Waals surface area contributed by atoms with Gasteiger partial charge in [-0.25, -0.2) is 9.78 Å². The summed E-state index contributed by atoms with van der Waals surface area (Å²) in [7, 11) is 0. The van der Waals surface area contributed by atoms with E-state index in [1.54, 1.807) is 18.6 Å². The molecule has 0 aliphatic heterocycles. The lowest BCUT2D eigenvalue weighted by molar-refractivity contribution is -0.166. The number of carbonyl (C=O) groups excluding carboxylic acids is 2. The normalized spacial score (nSPS) is 11.9. The molecule has 2 aromatic rings. The lowest BCUT2D eigenvalue weighted by Crippen LogP contribution is -2.43. The Bertz CT molecular complexity index is 785. The van der Waals surface area contributed by atoms with Gasteiger partial charge in [-0.15, -0.1) is 24.8 Å². The SMILES string of the molecule is CC(C)(C)[C@H](N)C(=O)OCOC(=O)/C=C/c1ccc(Cn2ccnc2)cc1.Cl.Cl. The first-order chi connectivity index (χ1) is 12.8. The molecule has 29 heavy (non-hydrogen) atoms. The van der Waals surface area contributed by atoms with E-state index in [4.69, 9.17) is 15.2 Å². The molecule has 1 aromatic heterocycles. The maximum absolute atomic E-state index is 11.7. The molecule has 160 valence electrons. The highest BCUT2D eigenvalue weighted by Gasteiger charge is 2.28. The number of aromatic nitrogens is 2. The third kappa shape index (κ3) is 9.13. The first-order valence-electron chi connectivity index (χ1n) is 8.57. The monoisotopic (exact) mass is 443 g/mol. The second-order valence-electron chi connectivity index (χ2n) is 7.20. The maximum Gasteiger partial charge on any atom is 0.333 e. The van der Waals surface area contributed by atoms with Gasteiger partial charge in [0.15, 0.2) is 0 Å². The highest BCUT2D eigenvalue weighted by molar-refractivity contribution is 5.87. The fraction of sp³-hybridized carbons (Fsp3) is 0.350. The van der Waals surface area contributed by atoms with Crippen LogP contribution in [-0.2, 0) is 25.6 Å². The van der Waals surface area contributed by atoms with Crippen molar-refractivity contribution in [1.82, 2.24) is 9.55 Å². The number of hydrogen-bond donors (Lipinski definition) is 1. The summed E-state index contributed by atoms with van der Waals surface area (Å²) in [6.07, 6.45) is 8.29. The van der Waals surface area contributed by atoms with Crippen LogP contribution >= 0.6 is 24.8 Å². The van der Waals surface area contributed by atoms with Gasteiger partial charge in [0.25, 0.3) is 0 Å². The molecular formula is C20H27Cl2N3O4. The van der Waals surface area contributed by atoms with Crippen LogP contribution in [-0.4, -0.2) is 34.3 Å². The van der Waals surface area contributed by atoms with E-state index < -0.39 is 30.2 Å². The van der Waals surface area contributed by atoms with E-state index in [0.29, 0.717) is 0 Å². The number of carbonyl (C=O) groups is 2. The summed E-state index contributed by atoms with van der Waals surface area (Å²) in [5, 5.41) is 0. The fourth-order valence-corrected chi connectivity index (χ4v) is 2.13. The van der Waals surface area contributed by atoms with E-state index in [9.17, 15) is 9.59 Å². The number of esters is 2. The summed E-state index contributed by atoms with van der Waals surface area (Å²) in [6, 6.07) is 6.96. The van der Waals surface area contributed by atoms with Crippen LogP contribution in [0.2, 0.25) is 0 Å². The second-order valence-corrected chi connectivity index (χ2v) is 7.20. The Morgan fingerprint density at radius 1 is 1.17 bits per heavy atom. The van der Waals surface area contributed by atoms with E-state index in [-0.39, 0.29) is 24.8 Å². The largest absolute Gasteiger partial charge is 0.427 e. The molecular weight excluding hydrogens is 417 g/mol. The van der Waals surface area contributed by atoms with Crippen LogP contribution < -0.4 is 5.73 Å². The smallest absolute Gasteiger partial charge is 0.333 e. The molecule has 0 amide bonds. The molecule has 0 unspecified atom stereocenters. The number of halogens is 2. The Morgan fingerprint density at radius 3 is 2.38 bits per heavy atom. The van der Waals surface area contributed by atoms with E-state index in [1.165, 1.54) is 6.08 Å². The van der Waals surface area contributed by atoms with Crippen LogP contribution in [0.15, 0.2) is 49.1 Å². The molecule has 9 heteroatoms. The van der Waals surface area contributed by atoms with Crippen molar-refractivity contribution in [3.05, 3.63) is 60.2 Å². The number of ether oxygens (including phenoxy) is 2. The van der Waals surface area contributed by atoms with Crippen molar-refractivity contribution < 1.29 is 19.1 Å². The van der Waals surface area contributed by atoms with Crippen molar-refractivity contribution in [2.75, 3.05) is 6.79 Å². The third-order valence-electron chi connectivity index (χ3n) is 3.91. The number of nitrogens with two attached hydrogens (primary N) is 1. The van der Waals surface area contributed by atoms with Gasteiger partial charge >= 0.3 is 11.9 Å². The predicted molar refractivity (Wildman–Crippen MR) is 116 cm³/mol. The summed E-state index contributed by atoms with van der Waals surface area (Å²) in [6.45, 7) is 5.75. The molecule has 2 rings (SSSR count). The average molecular weight is 444 g/mol. The van der Waals surface area contributed by atoms with Crippen molar-refractivity contribution in [2.45, 2.75) is 33.4 Å². The minimum atomic E-state index is -0.785. The van der Waals surface area contributed by atoms with Crippen LogP contribution in [0.1, 0.15) is 31.9 Å². The van der Waals surface area contributed by atoms with Crippen LogP contribution in [0.4, 0.5) is 0 Å². The van der Waals surface area contributed by atoms with E-state index in [1.807, 2.05) is 55.8 Å². The molecule has 0 radical (unpaired) electrons. The third-order valence-corrected chi connectivity index (χ3v) is 3.91. The molecule has 0 saturated heterocycles. The van der Waals surface area contributed by atoms with Gasteiger partial charge in [-0.05, 0) is 22.6 Å². The molecule has 1 atom stereocenters. The van der Waals surface area contributed by atoms with Crippen molar-refractivity contribution in [3.63, 3.8) is 0 Å². The number of benzene rings is 1. The Kier molecular flexibility index (Phi) is 11.3. The van der Waals surface area contributed by atoms with E-state index in [2.05, 4.69) is 4.98 Å². The minimum absolute atomic E-state index is 0. The second kappa shape index (κ2) is 12.3. The van der Waals surface area contributed by atoms with Gasteiger partial charge in [-0.3, -0.25) is 4.79 Å². The number of hydrogen-bond acceptors (Lipinski definition) is 6. The first-order valence-corrected chi connectivity index (χ1v) is 8.57. The lowest BCUT2D eigenvalue weighted by Gasteiger charge is -2.24. The Labute approximate surface area is 183 Å². The lowest BCUT2D eigenvalue weighted by atomic mass is 9.87. The quantitative estimate of drug-likeness (QED) is 0.400. The zero-order valence-electron chi connectivity index (χ0n) is 16.6. The van der Waals surface area contributed by atoms with Crippen LogP contribution in [0, 0.1) is 5.41 Å². The van der Waals surface area contributed by atoms with Gasteiger partial charge in [0, 0.05) is 25.0 Å². The van der Waals surface area contributed by atoms with Crippen LogP contribution in [0.3, 0.4) is 0 Å². The summed E-state index contributed by atoms with van der Waals surface area (Å²) < 4.78 is 11.7. The van der Waals surface area contributed by atoms with Gasteiger partial charge in [-0.1, -0.05) is 45.0 Å². The fourth-order valence-electron chi connectivity index (χ4n) is 2.13. The number of rotatable bonds is 7. The van der Waals surface area contributed by atoms with Crippen molar-refractivity contribution in [2.24, 2.45) is 11.1 Å². The number of imidazole rings is 1. The number of nitrogens with zero attached hydrogens (tertiary/aromatic N) is 2. The van der Waals surface area contributed by atoms with Gasteiger partial charge < -0.3 is 19.8 Å². The van der Waals surface area contributed by atoms with E-state index in [0.717, 1.165) is 17.7 Å². The molecule has 0 spiro atoms. The summed E-state index contributed by atoms with van der Waals surface area (Å²) in [4.78, 5) is 27.4. The molecule has 0 aliphatic carbocycles. The van der Waals surface area contributed by atoms with Gasteiger partial charge in [-0.2, -0.15) is 0 Å². The van der Waals surface area contributed by atoms with Crippen molar-refractivity contribution in [1.29, 1.82) is 0 Å². The molecule has 0 fully saturated rings. The summed E-state index contributed by atoms with van der Waals surface area (Å²) >= 11 is 0. The summed E-state index contributed by atoms with van der Waals surface area (Å²) in [5.41, 5.74) is 7.32. The highest BCUT2D eigenvalue weighted by atomic mass is 35.5. The van der Waals surface area contributed by atoms with Crippen LogP contribution in [0.25, 0.3) is 6.08 Å². The highest BCUT2D eigenvalue weighted by Crippen LogP contribution is 2.18. The molecule has 0 saturated carbocycles. The Morgan fingerprint density at radius 2 is 1.83 bits per heavy atom. The standard InChI is InChI=1S/C20H25N3O4.2ClH/c1-20(2,3)18(21)19(25)27-14-26-17(24)9-8-15-4-6-16(7-5-15)12-23-11-10-22-13-23;;/h4-11,13,18H,12,14,21H2,1-3H3;2*1H/b9-8+;;/t18-;;/m1../s1. The predicted octanol–water partition coefficient (Wildman–Crippen LogP) is 3.21. The zero-order chi connectivity index (χ0) is 19.9. The topological polar surface area (TPSA) is 96.4 Å². The molecule has 2 N–H and O–H groups in total. The zero-order valence-corrected chi connectivity index (χ0v) is 18.2. The molecule has 0 aliphatic rings. The average Bonchev–Trinajstić information content (AvgIpc) is 3.12. The van der Waals surface area contributed by atoms with Gasteiger partial charge in [0.05, 0.1) is 6.33 Å². The Balaban J connectivity index is 0.00000392.